The SMILES string of the molecule is CCN(C(=O)N1CCCC(CC(=O)O)C1)C1CCCC1. The van der Waals surface area contributed by atoms with Crippen molar-refractivity contribution in [2.75, 3.05) is 19.6 Å². The maximum atomic E-state index is 12.7. The lowest BCUT2D eigenvalue weighted by molar-refractivity contribution is -0.138. The number of carbonyl (C=O) groups excluding carboxylic acids is 1. The Labute approximate surface area is 120 Å². The number of carbonyl (C=O) groups is 2. The molecule has 20 heavy (non-hydrogen) atoms. The van der Waals surface area contributed by atoms with E-state index in [2.05, 4.69) is 0 Å². The molecule has 2 aliphatic rings. The van der Waals surface area contributed by atoms with Crippen LogP contribution in [0.4, 0.5) is 4.79 Å². The van der Waals surface area contributed by atoms with E-state index < -0.39 is 5.97 Å². The van der Waals surface area contributed by atoms with Crippen molar-refractivity contribution in [1.29, 1.82) is 0 Å². The summed E-state index contributed by atoms with van der Waals surface area (Å²) < 4.78 is 0. The molecule has 1 aliphatic carbocycles. The number of hydrogen-bond acceptors (Lipinski definition) is 2. The summed E-state index contributed by atoms with van der Waals surface area (Å²) in [6.07, 6.45) is 6.70. The van der Waals surface area contributed by atoms with E-state index in [1.165, 1.54) is 12.8 Å². The first-order valence-electron chi connectivity index (χ1n) is 7.89. The average Bonchev–Trinajstić information content (AvgIpc) is 2.93. The molecule has 2 fully saturated rings. The predicted octanol–water partition coefficient (Wildman–Crippen LogP) is 2.56. The van der Waals surface area contributed by atoms with E-state index in [1.807, 2.05) is 16.7 Å². The zero-order chi connectivity index (χ0) is 14.5. The molecule has 2 rings (SSSR count). The fourth-order valence-corrected chi connectivity index (χ4v) is 3.60. The van der Waals surface area contributed by atoms with Gasteiger partial charge in [-0.25, -0.2) is 4.79 Å². The molecule has 0 bridgehead atoms. The third-order valence-electron chi connectivity index (χ3n) is 4.60. The molecule has 5 nitrogen and oxygen atoms in total. The molecule has 1 saturated heterocycles. The Balaban J connectivity index is 1.94. The minimum absolute atomic E-state index is 0.118. The lowest BCUT2D eigenvalue weighted by Gasteiger charge is -2.38. The van der Waals surface area contributed by atoms with E-state index in [1.54, 1.807) is 0 Å². The van der Waals surface area contributed by atoms with Gasteiger partial charge in [-0.3, -0.25) is 4.79 Å². The van der Waals surface area contributed by atoms with Crippen LogP contribution in [0.15, 0.2) is 0 Å². The van der Waals surface area contributed by atoms with E-state index in [-0.39, 0.29) is 18.4 Å². The van der Waals surface area contributed by atoms with Crippen LogP contribution in [-0.2, 0) is 4.79 Å². The first-order chi connectivity index (χ1) is 9.61. The molecule has 2 amide bonds. The monoisotopic (exact) mass is 282 g/mol. The molecular formula is C15H26N2O3. The summed E-state index contributed by atoms with van der Waals surface area (Å²) in [6.45, 7) is 4.17. The molecule has 0 radical (unpaired) electrons. The number of hydrogen-bond donors (Lipinski definition) is 1. The van der Waals surface area contributed by atoms with Crippen LogP contribution in [0.5, 0.6) is 0 Å². The number of likely N-dealkylation sites (tertiary alicyclic amines) is 1. The van der Waals surface area contributed by atoms with Crippen molar-refractivity contribution < 1.29 is 14.7 Å². The number of piperidine rings is 1. The highest BCUT2D eigenvalue weighted by Gasteiger charge is 2.31. The zero-order valence-electron chi connectivity index (χ0n) is 12.4. The largest absolute Gasteiger partial charge is 0.481 e. The van der Waals surface area contributed by atoms with Gasteiger partial charge in [0.05, 0.1) is 0 Å². The Bertz CT molecular complexity index is 353. The van der Waals surface area contributed by atoms with Gasteiger partial charge in [-0.15, -0.1) is 0 Å². The van der Waals surface area contributed by atoms with Crippen LogP contribution >= 0.6 is 0 Å². The summed E-state index contributed by atoms with van der Waals surface area (Å²) >= 11 is 0. The van der Waals surface area contributed by atoms with E-state index in [0.717, 1.165) is 38.8 Å². The predicted molar refractivity (Wildman–Crippen MR) is 76.6 cm³/mol. The van der Waals surface area contributed by atoms with Gasteiger partial charge in [0.25, 0.3) is 0 Å². The van der Waals surface area contributed by atoms with E-state index in [0.29, 0.717) is 12.6 Å². The first kappa shape index (κ1) is 15.1. The molecular weight excluding hydrogens is 256 g/mol. The number of aliphatic carboxylic acids is 1. The molecule has 1 N–H and O–H groups in total. The summed E-state index contributed by atoms with van der Waals surface area (Å²) in [5.41, 5.74) is 0. The second kappa shape index (κ2) is 6.95. The van der Waals surface area contributed by atoms with Crippen molar-refractivity contribution in [3.63, 3.8) is 0 Å². The van der Waals surface area contributed by atoms with Gasteiger partial charge in [0, 0.05) is 32.1 Å². The summed E-state index contributed by atoms with van der Waals surface area (Å²) in [7, 11) is 0. The topological polar surface area (TPSA) is 60.9 Å². The third-order valence-corrected chi connectivity index (χ3v) is 4.60. The second-order valence-corrected chi connectivity index (χ2v) is 6.06. The van der Waals surface area contributed by atoms with Gasteiger partial charge in [0.1, 0.15) is 0 Å². The fourth-order valence-electron chi connectivity index (χ4n) is 3.60. The van der Waals surface area contributed by atoms with Gasteiger partial charge in [0.2, 0.25) is 0 Å². The molecule has 0 spiro atoms. The Morgan fingerprint density at radius 3 is 2.50 bits per heavy atom. The van der Waals surface area contributed by atoms with Crippen LogP contribution in [0, 0.1) is 5.92 Å². The van der Waals surface area contributed by atoms with Gasteiger partial charge < -0.3 is 14.9 Å². The minimum Gasteiger partial charge on any atom is -0.481 e. The van der Waals surface area contributed by atoms with Gasteiger partial charge >= 0.3 is 12.0 Å². The minimum atomic E-state index is -0.757. The normalized spacial score (nSPS) is 23.9. The summed E-state index contributed by atoms with van der Waals surface area (Å²) in [6, 6.07) is 0.516. The summed E-state index contributed by atoms with van der Waals surface area (Å²) in [5, 5.41) is 8.90. The maximum absolute atomic E-state index is 12.7. The Kier molecular flexibility index (Phi) is 5.26. The smallest absolute Gasteiger partial charge is 0.320 e. The molecule has 1 atom stereocenters. The zero-order valence-corrected chi connectivity index (χ0v) is 12.4. The van der Waals surface area contributed by atoms with Gasteiger partial charge in [-0.2, -0.15) is 0 Å². The van der Waals surface area contributed by atoms with Crippen LogP contribution in [-0.4, -0.2) is 52.6 Å². The lowest BCUT2D eigenvalue weighted by atomic mass is 9.95. The molecule has 0 aromatic heterocycles. The molecule has 5 heteroatoms. The van der Waals surface area contributed by atoms with Crippen molar-refractivity contribution in [1.82, 2.24) is 9.80 Å². The van der Waals surface area contributed by atoms with Crippen LogP contribution in [0.25, 0.3) is 0 Å². The number of carboxylic acids is 1. The molecule has 1 heterocycles. The second-order valence-electron chi connectivity index (χ2n) is 6.06. The number of rotatable bonds is 4. The van der Waals surface area contributed by atoms with E-state index in [9.17, 15) is 9.59 Å². The fraction of sp³-hybridized carbons (Fsp3) is 0.867. The molecule has 1 aliphatic heterocycles. The van der Waals surface area contributed by atoms with Crippen LogP contribution in [0.2, 0.25) is 0 Å². The van der Waals surface area contributed by atoms with Gasteiger partial charge in [-0.05, 0) is 38.5 Å². The Hall–Kier alpha value is -1.26. The van der Waals surface area contributed by atoms with Crippen molar-refractivity contribution in [3.8, 4) is 0 Å². The standard InChI is InChI=1S/C15H26N2O3/c1-2-17(13-7-3-4-8-13)15(20)16-9-5-6-12(11-16)10-14(18)19/h12-13H,2-11H2,1H3,(H,18,19). The molecule has 114 valence electrons. The molecule has 0 aromatic carbocycles. The summed E-state index contributed by atoms with van der Waals surface area (Å²) in [5.74, 6) is -0.639. The number of amides is 2. The average molecular weight is 282 g/mol. The van der Waals surface area contributed by atoms with E-state index in [4.69, 9.17) is 5.11 Å². The molecule has 1 saturated carbocycles. The van der Waals surface area contributed by atoms with Crippen LogP contribution in [0.1, 0.15) is 51.9 Å². The highest BCUT2D eigenvalue weighted by molar-refractivity contribution is 5.75. The quantitative estimate of drug-likeness (QED) is 0.862. The van der Waals surface area contributed by atoms with Crippen molar-refractivity contribution in [2.24, 2.45) is 5.92 Å². The maximum Gasteiger partial charge on any atom is 0.320 e. The Morgan fingerprint density at radius 2 is 1.90 bits per heavy atom. The van der Waals surface area contributed by atoms with Crippen molar-refractivity contribution in [3.05, 3.63) is 0 Å². The number of urea groups is 1. The number of carboxylic acid groups (broad SMARTS) is 1. The lowest BCUT2D eigenvalue weighted by Crippen LogP contribution is -2.50. The summed E-state index contributed by atoms with van der Waals surface area (Å²) in [4.78, 5) is 27.4. The van der Waals surface area contributed by atoms with Gasteiger partial charge in [-0.1, -0.05) is 12.8 Å². The van der Waals surface area contributed by atoms with Crippen LogP contribution < -0.4 is 0 Å². The highest BCUT2D eigenvalue weighted by atomic mass is 16.4. The highest BCUT2D eigenvalue weighted by Crippen LogP contribution is 2.26. The van der Waals surface area contributed by atoms with Gasteiger partial charge in [0.15, 0.2) is 0 Å². The van der Waals surface area contributed by atoms with E-state index >= 15 is 0 Å². The van der Waals surface area contributed by atoms with Crippen molar-refractivity contribution >= 4 is 12.0 Å². The first-order valence-corrected chi connectivity index (χ1v) is 7.89. The third kappa shape index (κ3) is 3.64. The number of nitrogens with zero attached hydrogens (tertiary/aromatic N) is 2. The molecule has 0 aromatic rings. The molecule has 1 unspecified atom stereocenters. The van der Waals surface area contributed by atoms with Crippen LogP contribution in [0.3, 0.4) is 0 Å². The Morgan fingerprint density at radius 1 is 1.20 bits per heavy atom. The van der Waals surface area contributed by atoms with Crippen molar-refractivity contribution in [2.45, 2.75) is 57.9 Å².